The quantitative estimate of drug-likeness (QED) is 0.786. The predicted octanol–water partition coefficient (Wildman–Crippen LogP) is 5.01. The minimum Gasteiger partial charge on any atom is -0.346 e. The van der Waals surface area contributed by atoms with Crippen LogP contribution in [0.3, 0.4) is 0 Å². The maximum atomic E-state index is 12.8. The molecule has 2 aromatic rings. The van der Waals surface area contributed by atoms with E-state index >= 15 is 0 Å². The Bertz CT molecular complexity index is 709. The van der Waals surface area contributed by atoms with E-state index in [2.05, 4.69) is 50.4 Å². The van der Waals surface area contributed by atoms with Crippen LogP contribution in [-0.4, -0.2) is 5.91 Å². The van der Waals surface area contributed by atoms with Crippen LogP contribution in [0.4, 0.5) is 4.39 Å². The van der Waals surface area contributed by atoms with E-state index in [0.717, 1.165) is 11.1 Å². The van der Waals surface area contributed by atoms with Gasteiger partial charge in [0.2, 0.25) is 5.91 Å². The number of rotatable bonds is 4. The highest BCUT2D eigenvalue weighted by Gasteiger charge is 2.14. The Balaban J connectivity index is 1.97. The zero-order chi connectivity index (χ0) is 17.7. The van der Waals surface area contributed by atoms with Crippen LogP contribution in [0.2, 0.25) is 0 Å². The molecule has 0 bridgehead atoms. The highest BCUT2D eigenvalue weighted by molar-refractivity contribution is 5.91. The first-order chi connectivity index (χ1) is 11.3. The van der Waals surface area contributed by atoms with Gasteiger partial charge < -0.3 is 5.32 Å². The summed E-state index contributed by atoms with van der Waals surface area (Å²) in [5.74, 6) is -0.462. The number of carbonyl (C=O) groups excluding carboxylic acids is 1. The van der Waals surface area contributed by atoms with Gasteiger partial charge in [-0.05, 0) is 47.2 Å². The summed E-state index contributed by atoms with van der Waals surface area (Å²) in [4.78, 5) is 12.0. The van der Waals surface area contributed by atoms with E-state index in [-0.39, 0.29) is 23.2 Å². The van der Waals surface area contributed by atoms with Crippen LogP contribution in [0.1, 0.15) is 50.4 Å². The molecule has 2 rings (SSSR count). The van der Waals surface area contributed by atoms with E-state index in [9.17, 15) is 9.18 Å². The molecule has 2 aromatic carbocycles. The van der Waals surface area contributed by atoms with Crippen molar-refractivity contribution in [3.63, 3.8) is 0 Å². The van der Waals surface area contributed by atoms with Gasteiger partial charge in [-0.25, -0.2) is 4.39 Å². The summed E-state index contributed by atoms with van der Waals surface area (Å²) in [5.41, 5.74) is 3.23. The van der Waals surface area contributed by atoms with Crippen LogP contribution in [0, 0.1) is 5.82 Å². The molecule has 1 atom stereocenters. The Morgan fingerprint density at radius 1 is 1.04 bits per heavy atom. The van der Waals surface area contributed by atoms with Gasteiger partial charge in [-0.15, -0.1) is 0 Å². The van der Waals surface area contributed by atoms with Gasteiger partial charge >= 0.3 is 0 Å². The number of amides is 1. The van der Waals surface area contributed by atoms with E-state index < -0.39 is 0 Å². The fraction of sp³-hybridized carbons (Fsp3) is 0.286. The second kappa shape index (κ2) is 7.43. The molecule has 126 valence electrons. The SMILES string of the molecule is C[C@@H](NC(=O)/C=C/c1ccc(F)cc1)c1ccc(C(C)(C)C)cc1. The van der Waals surface area contributed by atoms with Crippen molar-refractivity contribution < 1.29 is 9.18 Å². The molecular formula is C21H24FNO. The number of hydrogen-bond acceptors (Lipinski definition) is 1. The molecule has 0 aliphatic heterocycles. The molecule has 24 heavy (non-hydrogen) atoms. The van der Waals surface area contributed by atoms with Crippen molar-refractivity contribution in [3.05, 3.63) is 77.1 Å². The van der Waals surface area contributed by atoms with Crippen molar-refractivity contribution in [1.82, 2.24) is 5.32 Å². The minimum atomic E-state index is -0.288. The topological polar surface area (TPSA) is 29.1 Å². The van der Waals surface area contributed by atoms with Crippen molar-refractivity contribution in [2.24, 2.45) is 0 Å². The monoisotopic (exact) mass is 325 g/mol. The van der Waals surface area contributed by atoms with Gasteiger partial charge in [0.15, 0.2) is 0 Å². The highest BCUT2D eigenvalue weighted by atomic mass is 19.1. The molecule has 0 fully saturated rings. The Labute approximate surface area is 143 Å². The maximum Gasteiger partial charge on any atom is 0.244 e. The van der Waals surface area contributed by atoms with E-state index in [4.69, 9.17) is 0 Å². The highest BCUT2D eigenvalue weighted by Crippen LogP contribution is 2.23. The average Bonchev–Trinajstić information content (AvgIpc) is 2.53. The van der Waals surface area contributed by atoms with E-state index in [1.54, 1.807) is 18.2 Å². The van der Waals surface area contributed by atoms with Crippen molar-refractivity contribution in [3.8, 4) is 0 Å². The van der Waals surface area contributed by atoms with E-state index in [1.807, 2.05) is 6.92 Å². The summed E-state index contributed by atoms with van der Waals surface area (Å²) >= 11 is 0. The summed E-state index contributed by atoms with van der Waals surface area (Å²) in [6.45, 7) is 8.48. The Morgan fingerprint density at radius 3 is 2.17 bits per heavy atom. The van der Waals surface area contributed by atoms with E-state index in [0.29, 0.717) is 0 Å². The molecule has 0 aromatic heterocycles. The van der Waals surface area contributed by atoms with E-state index in [1.165, 1.54) is 23.8 Å². The zero-order valence-corrected chi connectivity index (χ0v) is 14.6. The van der Waals surface area contributed by atoms with Gasteiger partial charge in [-0.2, -0.15) is 0 Å². The van der Waals surface area contributed by atoms with Gasteiger partial charge in [0.1, 0.15) is 5.82 Å². The molecule has 0 radical (unpaired) electrons. The number of benzene rings is 2. The first kappa shape index (κ1) is 17.9. The number of nitrogens with one attached hydrogen (secondary N) is 1. The fourth-order valence-electron chi connectivity index (χ4n) is 2.36. The first-order valence-corrected chi connectivity index (χ1v) is 8.10. The molecule has 1 N–H and O–H groups in total. The van der Waals surface area contributed by atoms with Gasteiger partial charge in [0.25, 0.3) is 0 Å². The van der Waals surface area contributed by atoms with Crippen LogP contribution in [-0.2, 0) is 10.2 Å². The number of halogens is 1. The lowest BCUT2D eigenvalue weighted by molar-refractivity contribution is -0.117. The van der Waals surface area contributed by atoms with Crippen LogP contribution in [0.15, 0.2) is 54.6 Å². The fourth-order valence-corrected chi connectivity index (χ4v) is 2.36. The number of hydrogen-bond donors (Lipinski definition) is 1. The molecule has 0 aliphatic carbocycles. The Kier molecular flexibility index (Phi) is 5.55. The van der Waals surface area contributed by atoms with Crippen LogP contribution < -0.4 is 5.32 Å². The average molecular weight is 325 g/mol. The lowest BCUT2D eigenvalue weighted by Crippen LogP contribution is -2.24. The van der Waals surface area contributed by atoms with Crippen LogP contribution in [0.25, 0.3) is 6.08 Å². The number of carbonyl (C=O) groups is 1. The van der Waals surface area contributed by atoms with Gasteiger partial charge in [0, 0.05) is 6.08 Å². The summed E-state index contributed by atoms with van der Waals surface area (Å²) in [7, 11) is 0. The largest absolute Gasteiger partial charge is 0.346 e. The van der Waals surface area contributed by atoms with Crippen molar-refractivity contribution >= 4 is 12.0 Å². The van der Waals surface area contributed by atoms with Crippen molar-refractivity contribution in [1.29, 1.82) is 0 Å². The molecule has 1 amide bonds. The summed E-state index contributed by atoms with van der Waals surface area (Å²) in [5, 5.41) is 2.94. The third-order valence-corrected chi connectivity index (χ3v) is 3.93. The standard InChI is InChI=1S/C21H24FNO/c1-15(17-8-10-18(11-9-17)21(2,3)4)23-20(24)14-7-16-5-12-19(22)13-6-16/h5-15H,1-4H3,(H,23,24)/b14-7+/t15-/m1/s1. The van der Waals surface area contributed by atoms with Crippen LogP contribution >= 0.6 is 0 Å². The van der Waals surface area contributed by atoms with Gasteiger partial charge in [-0.1, -0.05) is 57.2 Å². The lowest BCUT2D eigenvalue weighted by atomic mass is 9.86. The van der Waals surface area contributed by atoms with Gasteiger partial charge in [0.05, 0.1) is 6.04 Å². The molecule has 3 heteroatoms. The molecule has 2 nitrogen and oxygen atoms in total. The Morgan fingerprint density at radius 2 is 1.62 bits per heavy atom. The Hall–Kier alpha value is -2.42. The molecule has 0 saturated carbocycles. The second-order valence-corrected chi connectivity index (χ2v) is 6.99. The minimum absolute atomic E-state index is 0.0793. The van der Waals surface area contributed by atoms with Crippen molar-refractivity contribution in [2.75, 3.05) is 0 Å². The smallest absolute Gasteiger partial charge is 0.244 e. The maximum absolute atomic E-state index is 12.8. The summed E-state index contributed by atoms with van der Waals surface area (Å²) < 4.78 is 12.8. The lowest BCUT2D eigenvalue weighted by Gasteiger charge is -2.20. The van der Waals surface area contributed by atoms with Gasteiger partial charge in [-0.3, -0.25) is 4.79 Å². The molecule has 0 spiro atoms. The van der Waals surface area contributed by atoms with Crippen molar-refractivity contribution in [2.45, 2.75) is 39.2 Å². The summed E-state index contributed by atoms with van der Waals surface area (Å²) in [6.07, 6.45) is 3.14. The molecule has 0 unspecified atom stereocenters. The molecule has 0 saturated heterocycles. The predicted molar refractivity (Wildman–Crippen MR) is 97.1 cm³/mol. The molecule has 0 heterocycles. The summed E-state index contributed by atoms with van der Waals surface area (Å²) in [6, 6.07) is 14.2. The first-order valence-electron chi connectivity index (χ1n) is 8.10. The molecular weight excluding hydrogens is 301 g/mol. The normalized spacial score (nSPS) is 13.0. The zero-order valence-electron chi connectivity index (χ0n) is 14.6. The van der Waals surface area contributed by atoms with Crippen LogP contribution in [0.5, 0.6) is 0 Å². The third kappa shape index (κ3) is 5.05. The second-order valence-electron chi connectivity index (χ2n) is 6.99. The third-order valence-electron chi connectivity index (χ3n) is 3.93. The molecule has 0 aliphatic rings.